The number of nitrogens with zero attached hydrogens (tertiary/aromatic N) is 1. The number of nitrogens with two attached hydrogens (primary N) is 1. The largest absolute Gasteiger partial charge is 0.392 e. The summed E-state index contributed by atoms with van der Waals surface area (Å²) in [6.07, 6.45) is 2.05. The smallest absolute Gasteiger partial charge is 0.226 e. The van der Waals surface area contributed by atoms with Crippen molar-refractivity contribution in [1.82, 2.24) is 4.90 Å². The molecule has 0 spiro atoms. The molecule has 1 aliphatic rings. The Balaban J connectivity index is 2.55. The van der Waals surface area contributed by atoms with E-state index in [1.165, 1.54) is 0 Å². The summed E-state index contributed by atoms with van der Waals surface area (Å²) in [6, 6.07) is 0.189. The summed E-state index contributed by atoms with van der Waals surface area (Å²) < 4.78 is 0. The van der Waals surface area contributed by atoms with Crippen LogP contribution in [0.15, 0.2) is 0 Å². The fourth-order valence-corrected chi connectivity index (χ4v) is 1.39. The van der Waals surface area contributed by atoms with Crippen LogP contribution in [0.1, 0.15) is 26.7 Å². The van der Waals surface area contributed by atoms with Crippen LogP contribution in [0.25, 0.3) is 0 Å². The van der Waals surface area contributed by atoms with Gasteiger partial charge in [0.15, 0.2) is 0 Å². The number of hydrogen-bond donors (Lipinski definition) is 1. The molecule has 1 saturated carbocycles. The van der Waals surface area contributed by atoms with Crippen molar-refractivity contribution in [1.29, 1.82) is 0 Å². The first-order valence-electron chi connectivity index (χ1n) is 4.61. The second-order valence-electron chi connectivity index (χ2n) is 3.80. The zero-order valence-electron chi connectivity index (χ0n) is 8.12. The molecule has 4 heteroatoms. The highest BCUT2D eigenvalue weighted by Gasteiger charge is 2.34. The Labute approximate surface area is 84.3 Å². The molecule has 0 radical (unpaired) electrons. The third-order valence-electron chi connectivity index (χ3n) is 2.16. The number of amides is 1. The molecule has 0 unspecified atom stereocenters. The summed E-state index contributed by atoms with van der Waals surface area (Å²) in [5.74, 6) is 0.458. The van der Waals surface area contributed by atoms with Crippen molar-refractivity contribution < 1.29 is 4.79 Å². The molecular weight excluding hydrogens is 184 g/mol. The Bertz CT molecular complexity index is 224. The van der Waals surface area contributed by atoms with Gasteiger partial charge in [0.1, 0.15) is 0 Å². The van der Waals surface area contributed by atoms with Crippen molar-refractivity contribution in [3.63, 3.8) is 0 Å². The Hall–Kier alpha value is -0.640. The lowest BCUT2D eigenvalue weighted by Gasteiger charge is -2.26. The molecule has 1 amide bonds. The van der Waals surface area contributed by atoms with Crippen LogP contribution in [0.3, 0.4) is 0 Å². The van der Waals surface area contributed by atoms with E-state index < -0.39 is 0 Å². The molecular formula is C9H16N2OS. The fraction of sp³-hybridized carbons (Fsp3) is 0.778. The number of carbonyl (C=O) groups excluding carboxylic acids is 1. The highest BCUT2D eigenvalue weighted by atomic mass is 32.1. The van der Waals surface area contributed by atoms with Crippen molar-refractivity contribution in [3.05, 3.63) is 0 Å². The minimum absolute atomic E-state index is 0.189. The average Bonchev–Trinajstić information content (AvgIpc) is 2.80. The second kappa shape index (κ2) is 4.05. The topological polar surface area (TPSA) is 46.3 Å². The quantitative estimate of drug-likeness (QED) is 0.686. The summed E-state index contributed by atoms with van der Waals surface area (Å²) in [6.45, 7) is 4.39. The van der Waals surface area contributed by atoms with E-state index in [0.29, 0.717) is 11.5 Å². The summed E-state index contributed by atoms with van der Waals surface area (Å²) in [4.78, 5) is 13.8. The van der Waals surface area contributed by atoms with Crippen molar-refractivity contribution >= 4 is 23.1 Å². The van der Waals surface area contributed by atoms with Crippen LogP contribution in [0.2, 0.25) is 0 Å². The summed E-state index contributed by atoms with van der Waals surface area (Å²) in [5.41, 5.74) is 5.43. The maximum atomic E-state index is 11.7. The Kier molecular flexibility index (Phi) is 3.25. The molecule has 1 fully saturated rings. The molecule has 0 aromatic rings. The molecule has 0 saturated heterocycles. The summed E-state index contributed by atoms with van der Waals surface area (Å²) in [7, 11) is 0. The lowest BCUT2D eigenvalue weighted by Crippen LogP contribution is -2.42. The van der Waals surface area contributed by atoms with Gasteiger partial charge in [0.2, 0.25) is 5.91 Å². The zero-order valence-corrected chi connectivity index (χ0v) is 8.93. The van der Waals surface area contributed by atoms with Gasteiger partial charge in [-0.1, -0.05) is 12.2 Å². The predicted octanol–water partition coefficient (Wildman–Crippen LogP) is 0.920. The first-order chi connectivity index (χ1) is 6.02. The number of rotatable bonds is 4. The highest BCUT2D eigenvalue weighted by Crippen LogP contribution is 2.31. The van der Waals surface area contributed by atoms with Crippen LogP contribution in [0.4, 0.5) is 0 Å². The van der Waals surface area contributed by atoms with Crippen molar-refractivity contribution in [3.8, 4) is 0 Å². The molecule has 0 aliphatic heterocycles. The Morgan fingerprint density at radius 2 is 2.15 bits per heavy atom. The van der Waals surface area contributed by atoms with Gasteiger partial charge in [0, 0.05) is 12.0 Å². The summed E-state index contributed by atoms with van der Waals surface area (Å²) in [5, 5.41) is 0. The van der Waals surface area contributed by atoms with E-state index in [4.69, 9.17) is 18.0 Å². The van der Waals surface area contributed by atoms with Gasteiger partial charge in [-0.3, -0.25) is 4.79 Å². The molecule has 2 N–H and O–H groups in total. The average molecular weight is 200 g/mol. The molecule has 0 atom stereocenters. The molecule has 13 heavy (non-hydrogen) atoms. The first-order valence-corrected chi connectivity index (χ1v) is 5.02. The van der Waals surface area contributed by atoms with Crippen LogP contribution >= 0.6 is 12.2 Å². The van der Waals surface area contributed by atoms with Gasteiger partial charge in [-0.2, -0.15) is 0 Å². The van der Waals surface area contributed by atoms with Crippen LogP contribution in [0.5, 0.6) is 0 Å². The highest BCUT2D eigenvalue weighted by molar-refractivity contribution is 7.80. The molecule has 0 aromatic carbocycles. The molecule has 0 heterocycles. The van der Waals surface area contributed by atoms with Gasteiger partial charge in [-0.25, -0.2) is 0 Å². The van der Waals surface area contributed by atoms with E-state index in [2.05, 4.69) is 0 Å². The lowest BCUT2D eigenvalue weighted by atomic mass is 10.2. The number of carbonyl (C=O) groups is 1. The van der Waals surface area contributed by atoms with Crippen molar-refractivity contribution in [2.45, 2.75) is 32.7 Å². The van der Waals surface area contributed by atoms with Crippen molar-refractivity contribution in [2.75, 3.05) is 6.54 Å². The van der Waals surface area contributed by atoms with Gasteiger partial charge in [-0.15, -0.1) is 0 Å². The third kappa shape index (κ3) is 2.95. The van der Waals surface area contributed by atoms with E-state index in [1.54, 1.807) is 4.90 Å². The van der Waals surface area contributed by atoms with Crippen LogP contribution in [-0.4, -0.2) is 28.4 Å². The SMILES string of the molecule is CC(C)N(CC(N)=S)C(=O)C1CC1. The van der Waals surface area contributed by atoms with Gasteiger partial charge >= 0.3 is 0 Å². The van der Waals surface area contributed by atoms with Crippen LogP contribution in [0, 0.1) is 5.92 Å². The fourth-order valence-electron chi connectivity index (χ4n) is 1.25. The van der Waals surface area contributed by atoms with Gasteiger partial charge in [0.25, 0.3) is 0 Å². The van der Waals surface area contributed by atoms with E-state index in [9.17, 15) is 4.79 Å². The van der Waals surface area contributed by atoms with Gasteiger partial charge in [0.05, 0.1) is 11.5 Å². The van der Waals surface area contributed by atoms with Gasteiger partial charge in [-0.05, 0) is 26.7 Å². The van der Waals surface area contributed by atoms with E-state index in [0.717, 1.165) is 12.8 Å². The van der Waals surface area contributed by atoms with E-state index in [1.807, 2.05) is 13.8 Å². The third-order valence-corrected chi connectivity index (χ3v) is 2.29. The maximum absolute atomic E-state index is 11.7. The van der Waals surface area contributed by atoms with Crippen LogP contribution < -0.4 is 5.73 Å². The molecule has 3 nitrogen and oxygen atoms in total. The predicted molar refractivity (Wildman–Crippen MR) is 56.4 cm³/mol. The lowest BCUT2D eigenvalue weighted by molar-refractivity contribution is -0.133. The monoisotopic (exact) mass is 200 g/mol. The van der Waals surface area contributed by atoms with Crippen molar-refractivity contribution in [2.24, 2.45) is 11.7 Å². The Morgan fingerprint density at radius 1 is 1.62 bits per heavy atom. The molecule has 74 valence electrons. The second-order valence-corrected chi connectivity index (χ2v) is 4.32. The van der Waals surface area contributed by atoms with Gasteiger partial charge < -0.3 is 10.6 Å². The summed E-state index contributed by atoms with van der Waals surface area (Å²) >= 11 is 4.80. The first kappa shape index (κ1) is 10.4. The normalized spacial score (nSPS) is 15.9. The van der Waals surface area contributed by atoms with Crippen LogP contribution in [-0.2, 0) is 4.79 Å². The molecule has 1 aliphatic carbocycles. The Morgan fingerprint density at radius 3 is 2.46 bits per heavy atom. The van der Waals surface area contributed by atoms with E-state index >= 15 is 0 Å². The number of hydrogen-bond acceptors (Lipinski definition) is 2. The minimum atomic E-state index is 0.189. The maximum Gasteiger partial charge on any atom is 0.226 e. The van der Waals surface area contributed by atoms with E-state index in [-0.39, 0.29) is 17.9 Å². The minimum Gasteiger partial charge on any atom is -0.392 e. The molecule has 1 rings (SSSR count). The standard InChI is InChI=1S/C9H16N2OS/c1-6(2)11(5-8(10)13)9(12)7-3-4-7/h6-7H,3-5H2,1-2H3,(H2,10,13). The number of thiocarbonyl (C=S) groups is 1. The molecule has 0 aromatic heterocycles. The zero-order chi connectivity index (χ0) is 10.0. The molecule has 0 bridgehead atoms.